The third-order valence-corrected chi connectivity index (χ3v) is 7.63. The highest BCUT2D eigenvalue weighted by Gasteiger charge is 2.64. The number of halogens is 1. The minimum atomic E-state index is -0.497. The average molecular weight is 424 g/mol. The monoisotopic (exact) mass is 423 g/mol. The summed E-state index contributed by atoms with van der Waals surface area (Å²) in [4.78, 5) is 27.1. The van der Waals surface area contributed by atoms with E-state index in [1.165, 1.54) is 16.7 Å². The van der Waals surface area contributed by atoms with Gasteiger partial charge in [0.15, 0.2) is 4.32 Å². The topological polar surface area (TPSA) is 61.8 Å². The van der Waals surface area contributed by atoms with Gasteiger partial charge in [0.25, 0.3) is 0 Å². The fourth-order valence-corrected chi connectivity index (χ4v) is 4.92. The lowest BCUT2D eigenvalue weighted by Crippen LogP contribution is -2.58. The summed E-state index contributed by atoms with van der Waals surface area (Å²) in [6.45, 7) is 6.03. The van der Waals surface area contributed by atoms with Gasteiger partial charge in [0, 0.05) is 16.5 Å². The lowest BCUT2D eigenvalue weighted by molar-refractivity contribution is -0.166. The third kappa shape index (κ3) is 3.52. The molecule has 1 saturated carbocycles. The van der Waals surface area contributed by atoms with Crippen LogP contribution in [0.2, 0.25) is 5.02 Å². The van der Waals surface area contributed by atoms with Crippen molar-refractivity contribution in [1.82, 2.24) is 10.3 Å². The number of nitrogens with zero attached hydrogens (tertiary/aromatic N) is 2. The van der Waals surface area contributed by atoms with E-state index in [1.807, 2.05) is 39.0 Å². The Labute approximate surface area is 173 Å². The first kappa shape index (κ1) is 20.3. The second-order valence-corrected chi connectivity index (χ2v) is 9.70. The number of likely N-dealkylation sites (tertiary alicyclic amines) is 1. The van der Waals surface area contributed by atoms with Gasteiger partial charge in [-0.2, -0.15) is 5.10 Å². The molecule has 1 aliphatic carbocycles. The van der Waals surface area contributed by atoms with Crippen molar-refractivity contribution in [2.24, 2.45) is 21.8 Å². The van der Waals surface area contributed by atoms with Crippen LogP contribution in [0.3, 0.4) is 0 Å². The van der Waals surface area contributed by atoms with Crippen molar-refractivity contribution in [2.75, 3.05) is 5.88 Å². The number of thiocarbonyl (C=S) groups is 1. The van der Waals surface area contributed by atoms with Crippen LogP contribution in [0.4, 0.5) is 0 Å². The van der Waals surface area contributed by atoms with Gasteiger partial charge >= 0.3 is 0 Å². The van der Waals surface area contributed by atoms with Crippen LogP contribution in [0.5, 0.6) is 0 Å². The van der Waals surface area contributed by atoms with Crippen LogP contribution < -0.4 is 5.43 Å². The molecule has 2 aliphatic rings. The van der Waals surface area contributed by atoms with E-state index in [1.54, 1.807) is 12.3 Å². The molecule has 1 aliphatic heterocycles. The highest BCUT2D eigenvalue weighted by Crippen LogP contribution is 2.60. The number of hydrogen-bond donors (Lipinski definition) is 1. The van der Waals surface area contributed by atoms with E-state index in [-0.39, 0.29) is 29.0 Å². The van der Waals surface area contributed by atoms with Crippen LogP contribution in [-0.2, 0) is 9.59 Å². The first-order chi connectivity index (χ1) is 12.7. The van der Waals surface area contributed by atoms with E-state index in [2.05, 4.69) is 10.5 Å². The Bertz CT molecular complexity index is 827. The summed E-state index contributed by atoms with van der Waals surface area (Å²) in [7, 11) is 0. The van der Waals surface area contributed by atoms with E-state index < -0.39 is 5.41 Å². The van der Waals surface area contributed by atoms with Gasteiger partial charge < -0.3 is 0 Å². The molecule has 5 nitrogen and oxygen atoms in total. The number of carbonyl (C=O) groups excluding carboxylic acids is 2. The normalized spacial score (nSPS) is 26.7. The molecule has 3 rings (SSSR count). The van der Waals surface area contributed by atoms with Gasteiger partial charge in [0.2, 0.25) is 11.8 Å². The van der Waals surface area contributed by atoms with Gasteiger partial charge in [-0.1, -0.05) is 74.6 Å². The Morgan fingerprint density at radius 3 is 2.81 bits per heavy atom. The Hall–Kier alpha value is -1.44. The fourth-order valence-electron chi connectivity index (χ4n) is 3.91. The van der Waals surface area contributed by atoms with Crippen molar-refractivity contribution in [2.45, 2.75) is 33.6 Å². The smallest absolute Gasteiger partial charge is 0.236 e. The van der Waals surface area contributed by atoms with Crippen LogP contribution in [0.1, 0.15) is 39.2 Å². The van der Waals surface area contributed by atoms with Crippen molar-refractivity contribution in [3.63, 3.8) is 0 Å². The maximum atomic E-state index is 13.0. The summed E-state index contributed by atoms with van der Waals surface area (Å²) in [5.74, 6) is -0.0932. The summed E-state index contributed by atoms with van der Waals surface area (Å²) in [5, 5.41) is 4.67. The predicted octanol–water partition coefficient (Wildman–Crippen LogP) is 4.05. The zero-order chi connectivity index (χ0) is 19.8. The SMILES string of the molecule is CC12CCC(C(=O)N(CSC(=S)NN=Cc3ccccc3Cl)C1=O)C2(C)C. The molecule has 1 heterocycles. The van der Waals surface area contributed by atoms with Crippen LogP contribution in [0.15, 0.2) is 29.4 Å². The number of rotatable bonds is 4. The summed E-state index contributed by atoms with van der Waals surface area (Å²) in [6.07, 6.45) is 3.09. The summed E-state index contributed by atoms with van der Waals surface area (Å²) in [6, 6.07) is 7.33. The number of nitrogens with one attached hydrogen (secondary N) is 1. The second kappa shape index (κ2) is 7.53. The summed E-state index contributed by atoms with van der Waals surface area (Å²) in [5.41, 5.74) is 2.72. The maximum Gasteiger partial charge on any atom is 0.236 e. The quantitative estimate of drug-likeness (QED) is 0.342. The van der Waals surface area contributed by atoms with Crippen molar-refractivity contribution < 1.29 is 9.59 Å². The number of hydrogen-bond acceptors (Lipinski definition) is 5. The van der Waals surface area contributed by atoms with Crippen LogP contribution in [0, 0.1) is 16.7 Å². The molecule has 2 fully saturated rings. The number of piperidine rings is 1. The van der Waals surface area contributed by atoms with E-state index in [0.717, 1.165) is 18.4 Å². The number of imide groups is 1. The van der Waals surface area contributed by atoms with Crippen LogP contribution >= 0.6 is 35.6 Å². The van der Waals surface area contributed by atoms with E-state index in [4.69, 9.17) is 23.8 Å². The molecular formula is C19H22ClN3O2S2. The zero-order valence-corrected chi connectivity index (χ0v) is 17.9. The molecule has 1 N–H and O–H groups in total. The molecule has 2 bridgehead atoms. The highest BCUT2D eigenvalue weighted by molar-refractivity contribution is 8.22. The summed E-state index contributed by atoms with van der Waals surface area (Å²) >= 11 is 12.5. The second-order valence-electron chi connectivity index (χ2n) is 7.67. The van der Waals surface area contributed by atoms with E-state index >= 15 is 0 Å². The number of hydrazone groups is 1. The van der Waals surface area contributed by atoms with E-state index in [0.29, 0.717) is 9.34 Å². The largest absolute Gasteiger partial charge is 0.274 e. The molecule has 27 heavy (non-hydrogen) atoms. The Morgan fingerprint density at radius 2 is 2.11 bits per heavy atom. The van der Waals surface area contributed by atoms with Gasteiger partial charge in [-0.25, -0.2) is 0 Å². The molecule has 2 atom stereocenters. The molecular weight excluding hydrogens is 402 g/mol. The van der Waals surface area contributed by atoms with Gasteiger partial charge in [-0.15, -0.1) is 0 Å². The van der Waals surface area contributed by atoms with Gasteiger partial charge in [0.05, 0.1) is 17.5 Å². The Kier molecular flexibility index (Phi) is 5.66. The minimum absolute atomic E-state index is 0.0881. The third-order valence-electron chi connectivity index (χ3n) is 6.10. The number of benzene rings is 1. The molecule has 144 valence electrons. The molecule has 0 aromatic heterocycles. The Morgan fingerprint density at radius 1 is 1.41 bits per heavy atom. The molecule has 1 aromatic rings. The molecule has 1 saturated heterocycles. The van der Waals surface area contributed by atoms with Gasteiger partial charge in [-0.3, -0.25) is 19.9 Å². The van der Waals surface area contributed by atoms with Crippen molar-refractivity contribution in [1.29, 1.82) is 0 Å². The lowest BCUT2D eigenvalue weighted by atomic mass is 9.62. The van der Waals surface area contributed by atoms with Crippen molar-refractivity contribution >= 4 is 57.9 Å². The molecule has 0 spiro atoms. The van der Waals surface area contributed by atoms with E-state index in [9.17, 15) is 9.59 Å². The van der Waals surface area contributed by atoms with Crippen LogP contribution in [0.25, 0.3) is 0 Å². The molecule has 2 amide bonds. The molecule has 1 aromatic carbocycles. The standard InChI is InChI=1S/C19H22ClN3O2S2/c1-18(2)13-8-9-19(18,3)16(25)23(15(13)24)11-27-17(26)22-21-10-12-6-4-5-7-14(12)20/h4-7,10,13H,8-9,11H2,1-3H3,(H,22,26). The van der Waals surface area contributed by atoms with Crippen molar-refractivity contribution in [3.05, 3.63) is 34.9 Å². The van der Waals surface area contributed by atoms with Crippen molar-refractivity contribution in [3.8, 4) is 0 Å². The minimum Gasteiger partial charge on any atom is -0.274 e. The lowest BCUT2D eigenvalue weighted by Gasteiger charge is -2.47. The van der Waals surface area contributed by atoms with Gasteiger partial charge in [0.1, 0.15) is 0 Å². The maximum absolute atomic E-state index is 13.0. The van der Waals surface area contributed by atoms with Gasteiger partial charge in [-0.05, 0) is 24.3 Å². The number of amides is 2. The fraction of sp³-hybridized carbons (Fsp3) is 0.474. The molecule has 8 heteroatoms. The highest BCUT2D eigenvalue weighted by atomic mass is 35.5. The molecule has 0 radical (unpaired) electrons. The molecule has 2 unspecified atom stereocenters. The first-order valence-corrected chi connectivity index (χ1v) is 10.5. The summed E-state index contributed by atoms with van der Waals surface area (Å²) < 4.78 is 0.390. The number of fused-ring (bicyclic) bond motifs is 2. The average Bonchev–Trinajstić information content (AvgIpc) is 2.80. The van der Waals surface area contributed by atoms with Crippen LogP contribution in [-0.4, -0.2) is 33.1 Å². The first-order valence-electron chi connectivity index (χ1n) is 8.74. The number of thioether (sulfide) groups is 1. The number of carbonyl (C=O) groups is 2. The Balaban J connectivity index is 1.59. The zero-order valence-electron chi connectivity index (χ0n) is 15.5. The predicted molar refractivity (Wildman–Crippen MR) is 114 cm³/mol.